The van der Waals surface area contributed by atoms with Crippen molar-refractivity contribution in [3.05, 3.63) is 193 Å². The molecule has 7 N–H and O–H groups in total. The van der Waals surface area contributed by atoms with Crippen molar-refractivity contribution in [3.63, 3.8) is 0 Å². The molecule has 0 fully saturated rings. The van der Waals surface area contributed by atoms with Crippen molar-refractivity contribution in [1.82, 2.24) is 15.0 Å². The van der Waals surface area contributed by atoms with Crippen LogP contribution in [-0.4, -0.2) is 63.0 Å². The average Bonchev–Trinajstić information content (AvgIpc) is 3.10. The summed E-state index contributed by atoms with van der Waals surface area (Å²) in [5.41, 5.74) is 12.0. The highest BCUT2D eigenvalue weighted by atomic mass is 35.5. The molecule has 1 amide bonds. The topological polar surface area (TPSA) is 288 Å². The predicted molar refractivity (Wildman–Crippen MR) is 328 cm³/mol. The molecule has 0 bridgehead atoms. The lowest BCUT2D eigenvalue weighted by Gasteiger charge is -2.16. The van der Waals surface area contributed by atoms with E-state index in [-0.39, 0.29) is 27.7 Å². The first-order valence-electron chi connectivity index (χ1n) is 24.2. The Hall–Kier alpha value is -8.40. The second-order valence-corrected chi connectivity index (χ2v) is 28.8. The molecule has 3 unspecified atom stereocenters. The minimum atomic E-state index is -3.28. The van der Waals surface area contributed by atoms with E-state index in [1.165, 1.54) is 18.2 Å². The fourth-order valence-electron chi connectivity index (χ4n) is 9.46. The zero-order valence-electron chi connectivity index (χ0n) is 44.1. The van der Waals surface area contributed by atoms with Gasteiger partial charge in [0.1, 0.15) is 38.5 Å². The van der Waals surface area contributed by atoms with Crippen LogP contribution >= 0.6 is 56.2 Å². The fraction of sp³-hybridized carbons (Fsp3) is 0.100. The van der Waals surface area contributed by atoms with E-state index < -0.39 is 39.3 Å². The van der Waals surface area contributed by atoms with Gasteiger partial charge >= 0.3 is 11.9 Å². The van der Waals surface area contributed by atoms with Crippen LogP contribution in [-0.2, 0) is 13.7 Å². The Bertz CT molecular complexity index is 4010. The molecule has 0 saturated carbocycles. The molecule has 0 radical (unpaired) electrons. The summed E-state index contributed by atoms with van der Waals surface area (Å²) in [6, 6.07) is 37.0. The van der Waals surface area contributed by atoms with Gasteiger partial charge in [0.25, 0.3) is 5.91 Å². The number of carbonyl (C=O) groups is 3. The number of hydrogen-bond acceptors (Lipinski definition) is 9. The van der Waals surface area contributed by atoms with Gasteiger partial charge in [-0.05, 0) is 183 Å². The number of carboxylic acids is 2. The molecule has 3 heterocycles. The number of aromatic carboxylic acids is 2. The van der Waals surface area contributed by atoms with Crippen molar-refractivity contribution in [1.29, 1.82) is 15.8 Å². The van der Waals surface area contributed by atoms with Gasteiger partial charge < -0.3 is 44.6 Å². The molecule has 0 saturated heterocycles. The summed E-state index contributed by atoms with van der Waals surface area (Å²) >= 11 is 18.3. The number of amides is 1. The van der Waals surface area contributed by atoms with Gasteiger partial charge in [-0.3, -0.25) is 4.79 Å². The molecule has 21 heteroatoms. The number of primary amides is 1. The third-order valence-electron chi connectivity index (χ3n) is 12.9. The van der Waals surface area contributed by atoms with E-state index in [1.807, 2.05) is 63.2 Å². The lowest BCUT2D eigenvalue weighted by Crippen LogP contribution is -2.25. The van der Waals surface area contributed by atoms with E-state index >= 15 is 0 Å². The summed E-state index contributed by atoms with van der Waals surface area (Å²) in [6.45, 7) is 10.3. The molecular weight excluding hydrogens is 1150 g/mol. The zero-order valence-corrected chi connectivity index (χ0v) is 49.0. The normalized spacial score (nSPS) is 13.6. The number of H-pyrrole nitrogens is 3. The maximum Gasteiger partial charge on any atom is 0.353 e. The van der Waals surface area contributed by atoms with Crippen LogP contribution in [0.2, 0.25) is 15.1 Å². The van der Waals surface area contributed by atoms with E-state index in [0.29, 0.717) is 69.0 Å². The quantitative estimate of drug-likeness (QED) is 0.0494. The SMILES string of the molecule is Cc1cc(/C=C/C#N)cc(P(C)(=O)c2c(C(=O)O)[nH]c3ccc(Cl)cc23)c1.Cc1cc(/C=C/C#N)cc(P(C)(=O)c2c(C(=O)O)[nH]c3ccc(Cl)cc23)c1.Cc1cc(/C=C/C#N)cc(P(C)(=O)c2c(C(N)=O)[nH]c3ccc(Cl)cc23)c1. The van der Waals surface area contributed by atoms with Gasteiger partial charge in [0.15, 0.2) is 0 Å². The first kappa shape index (κ1) is 60.2. The Morgan fingerprint density at radius 3 is 1.00 bits per heavy atom. The summed E-state index contributed by atoms with van der Waals surface area (Å²) in [7, 11) is -9.76. The third kappa shape index (κ3) is 13.1. The first-order chi connectivity index (χ1) is 38.2. The Morgan fingerprint density at radius 1 is 0.469 bits per heavy atom. The van der Waals surface area contributed by atoms with E-state index in [0.717, 1.165) is 33.4 Å². The number of rotatable bonds is 12. The predicted octanol–water partition coefficient (Wildman–Crippen LogP) is 12.3. The van der Waals surface area contributed by atoms with E-state index in [2.05, 4.69) is 15.0 Å². The molecule has 0 aliphatic carbocycles. The van der Waals surface area contributed by atoms with Crippen LogP contribution in [0.15, 0.2) is 127 Å². The van der Waals surface area contributed by atoms with Gasteiger partial charge in [0.05, 0.1) is 34.1 Å². The van der Waals surface area contributed by atoms with Crippen molar-refractivity contribution < 1.29 is 38.3 Å². The largest absolute Gasteiger partial charge is 0.477 e. The van der Waals surface area contributed by atoms with Crippen molar-refractivity contribution in [3.8, 4) is 18.2 Å². The number of fused-ring (bicyclic) bond motifs is 3. The van der Waals surface area contributed by atoms with Gasteiger partial charge in [-0.25, -0.2) is 9.59 Å². The number of carboxylic acid groups (broad SMARTS) is 2. The number of halogens is 3. The van der Waals surface area contributed by atoms with Crippen molar-refractivity contribution >= 4 is 157 Å². The number of benzene rings is 6. The Morgan fingerprint density at radius 2 is 0.741 bits per heavy atom. The molecule has 408 valence electrons. The molecule has 15 nitrogen and oxygen atoms in total. The van der Waals surface area contributed by atoms with E-state index in [1.54, 1.807) is 123 Å². The summed E-state index contributed by atoms with van der Waals surface area (Å²) in [5, 5.41) is 51.0. The highest BCUT2D eigenvalue weighted by Gasteiger charge is 2.34. The maximum absolute atomic E-state index is 13.9. The molecule has 3 aromatic heterocycles. The smallest absolute Gasteiger partial charge is 0.353 e. The lowest BCUT2D eigenvalue weighted by molar-refractivity contribution is 0.0682. The number of nitrogens with one attached hydrogen (secondary N) is 3. The van der Waals surface area contributed by atoms with Gasteiger partial charge in [0, 0.05) is 81.9 Å². The molecule has 9 rings (SSSR count). The average molecular weight is 1200 g/mol. The van der Waals surface area contributed by atoms with Crippen LogP contribution in [0.5, 0.6) is 0 Å². The molecule has 6 aromatic carbocycles. The number of carbonyl (C=O) groups excluding carboxylic acids is 1. The zero-order chi connectivity index (χ0) is 59.3. The number of allylic oxidation sites excluding steroid dienone is 3. The highest BCUT2D eigenvalue weighted by Crippen LogP contribution is 2.46. The fourth-order valence-corrected chi connectivity index (χ4v) is 17.0. The number of aromatic amines is 3. The molecule has 0 spiro atoms. The van der Waals surface area contributed by atoms with Crippen LogP contribution in [0.4, 0.5) is 0 Å². The summed E-state index contributed by atoms with van der Waals surface area (Å²) < 4.78 is 41.7. The standard InChI is InChI=1S/C20H17ClN3O2P.2C20H16ClN2O3P/c1-12-8-13(4-3-7-22)10-15(9-12)27(2,26)19-16-11-14(21)5-6-17(16)24-18(19)20(23)25;2*1-12-8-13(4-3-7-22)10-15(9-12)27(2,26)19-16-11-14(21)5-6-17(16)23-18(19)20(24)25/h3-6,8-11,24H,1-2H3,(H2,23,25);2*3-6,8-11,23H,1-2H3,(H,24,25)/b3*4-3+. The van der Waals surface area contributed by atoms with Crippen molar-refractivity contribution in [2.24, 2.45) is 5.73 Å². The number of nitrogens with zero attached hydrogens (tertiary/aromatic N) is 3. The molecule has 3 atom stereocenters. The first-order valence-corrected chi connectivity index (χ1v) is 31.8. The van der Waals surface area contributed by atoms with E-state index in [4.69, 9.17) is 56.3 Å². The monoisotopic (exact) mass is 1190 g/mol. The maximum atomic E-state index is 13.9. The molecule has 0 aliphatic heterocycles. The number of aryl methyl sites for hydroxylation is 3. The summed E-state index contributed by atoms with van der Waals surface area (Å²) in [6.07, 6.45) is 8.94. The molecule has 0 aliphatic rings. The highest BCUT2D eigenvalue weighted by molar-refractivity contribution is 7.79. The van der Waals surface area contributed by atoms with Crippen molar-refractivity contribution in [2.75, 3.05) is 20.0 Å². The third-order valence-corrected chi connectivity index (χ3v) is 21.3. The van der Waals surface area contributed by atoms with Crippen LogP contribution < -0.4 is 37.6 Å². The molecular formula is C60H49Cl3N7O8P3. The Kier molecular flexibility index (Phi) is 18.2. The minimum Gasteiger partial charge on any atom is -0.477 e. The van der Waals surface area contributed by atoms with Crippen LogP contribution in [0.1, 0.15) is 64.8 Å². The Labute approximate surface area is 480 Å². The minimum absolute atomic E-state index is 0.103. The van der Waals surface area contributed by atoms with Crippen LogP contribution in [0, 0.1) is 54.8 Å². The van der Waals surface area contributed by atoms with Gasteiger partial charge in [-0.15, -0.1) is 0 Å². The van der Waals surface area contributed by atoms with Gasteiger partial charge in [0.2, 0.25) is 0 Å². The number of nitrogens with two attached hydrogens (primary N) is 1. The second-order valence-electron chi connectivity index (χ2n) is 19.1. The summed E-state index contributed by atoms with van der Waals surface area (Å²) in [5.74, 6) is -3.05. The van der Waals surface area contributed by atoms with Gasteiger partial charge in [-0.1, -0.05) is 53.0 Å². The van der Waals surface area contributed by atoms with Gasteiger partial charge in [-0.2, -0.15) is 15.8 Å². The second kappa shape index (κ2) is 24.5. The van der Waals surface area contributed by atoms with Crippen LogP contribution in [0.25, 0.3) is 50.9 Å². The number of aromatic nitrogens is 3. The van der Waals surface area contributed by atoms with Crippen molar-refractivity contribution in [2.45, 2.75) is 20.8 Å². The summed E-state index contributed by atoms with van der Waals surface area (Å²) in [4.78, 5) is 44.3. The number of nitriles is 3. The Balaban J connectivity index is 0.000000175. The lowest BCUT2D eigenvalue weighted by atomic mass is 10.1. The number of hydrogen-bond donors (Lipinski definition) is 6. The van der Waals surface area contributed by atoms with Crippen LogP contribution in [0.3, 0.4) is 0 Å². The molecule has 81 heavy (non-hydrogen) atoms. The van der Waals surface area contributed by atoms with E-state index in [9.17, 15) is 38.3 Å². The molecule has 9 aromatic rings.